The third-order valence-corrected chi connectivity index (χ3v) is 3.21. The van der Waals surface area contributed by atoms with Gasteiger partial charge in [-0.1, -0.05) is 27.7 Å². The van der Waals surface area contributed by atoms with Gasteiger partial charge in [0, 0.05) is 23.5 Å². The van der Waals surface area contributed by atoms with Crippen molar-refractivity contribution in [3.8, 4) is 0 Å². The van der Waals surface area contributed by atoms with Crippen LogP contribution in [0.1, 0.15) is 45.9 Å². The van der Waals surface area contributed by atoms with E-state index in [4.69, 9.17) is 5.73 Å². The predicted molar refractivity (Wildman–Crippen MR) is 69.9 cm³/mol. The highest BCUT2D eigenvalue weighted by Crippen LogP contribution is 2.20. The standard InChI is InChI=1S/C11H22N4S/c1-7(2)9(5-6-12)13-11-14-10(8(3)4)15-16-11/h7-9H,5-6,12H2,1-4H3,(H,13,14,15). The fourth-order valence-corrected chi connectivity index (χ4v) is 2.21. The number of hydrogen-bond acceptors (Lipinski definition) is 5. The van der Waals surface area contributed by atoms with Crippen LogP contribution in [0.5, 0.6) is 0 Å². The zero-order chi connectivity index (χ0) is 12.1. The van der Waals surface area contributed by atoms with Gasteiger partial charge in [0.1, 0.15) is 5.82 Å². The van der Waals surface area contributed by atoms with E-state index in [1.54, 1.807) is 0 Å². The molecule has 0 radical (unpaired) electrons. The van der Waals surface area contributed by atoms with Crippen molar-refractivity contribution < 1.29 is 0 Å². The molecule has 0 aliphatic carbocycles. The van der Waals surface area contributed by atoms with Crippen molar-refractivity contribution >= 4 is 16.7 Å². The number of anilines is 1. The van der Waals surface area contributed by atoms with E-state index >= 15 is 0 Å². The monoisotopic (exact) mass is 242 g/mol. The largest absolute Gasteiger partial charge is 0.357 e. The summed E-state index contributed by atoms with van der Waals surface area (Å²) in [5, 5.41) is 4.33. The van der Waals surface area contributed by atoms with Gasteiger partial charge >= 0.3 is 0 Å². The van der Waals surface area contributed by atoms with Crippen molar-refractivity contribution in [1.29, 1.82) is 0 Å². The fourth-order valence-electron chi connectivity index (χ4n) is 1.44. The Bertz CT molecular complexity index is 309. The van der Waals surface area contributed by atoms with Crippen molar-refractivity contribution in [2.45, 2.75) is 46.1 Å². The van der Waals surface area contributed by atoms with Crippen LogP contribution in [-0.2, 0) is 0 Å². The van der Waals surface area contributed by atoms with Crippen LogP contribution in [0, 0.1) is 5.92 Å². The minimum atomic E-state index is 0.387. The van der Waals surface area contributed by atoms with Crippen LogP contribution in [-0.4, -0.2) is 21.9 Å². The van der Waals surface area contributed by atoms with Crippen LogP contribution < -0.4 is 11.1 Å². The molecule has 92 valence electrons. The highest BCUT2D eigenvalue weighted by atomic mass is 32.1. The Morgan fingerprint density at radius 3 is 2.44 bits per heavy atom. The van der Waals surface area contributed by atoms with E-state index in [2.05, 4.69) is 42.4 Å². The van der Waals surface area contributed by atoms with Gasteiger partial charge in [-0.15, -0.1) is 0 Å². The lowest BCUT2D eigenvalue weighted by molar-refractivity contribution is 0.498. The van der Waals surface area contributed by atoms with E-state index in [-0.39, 0.29) is 0 Å². The molecule has 5 heteroatoms. The molecule has 0 bridgehead atoms. The molecule has 3 N–H and O–H groups in total. The Kier molecular flexibility index (Phi) is 5.15. The lowest BCUT2D eigenvalue weighted by Crippen LogP contribution is -2.28. The van der Waals surface area contributed by atoms with E-state index in [0.717, 1.165) is 17.4 Å². The molecule has 1 unspecified atom stereocenters. The summed E-state index contributed by atoms with van der Waals surface area (Å²) >= 11 is 1.44. The molecule has 16 heavy (non-hydrogen) atoms. The second-order valence-electron chi connectivity index (χ2n) is 4.68. The smallest absolute Gasteiger partial charge is 0.202 e. The molecule has 1 atom stereocenters. The van der Waals surface area contributed by atoms with Crippen LogP contribution in [0.25, 0.3) is 0 Å². The summed E-state index contributed by atoms with van der Waals surface area (Å²) in [6, 6.07) is 0.387. The van der Waals surface area contributed by atoms with Gasteiger partial charge < -0.3 is 11.1 Å². The van der Waals surface area contributed by atoms with E-state index in [0.29, 0.717) is 24.4 Å². The number of nitrogens with two attached hydrogens (primary N) is 1. The Labute approximate surface area is 102 Å². The summed E-state index contributed by atoms with van der Waals surface area (Å²) in [7, 11) is 0. The van der Waals surface area contributed by atoms with E-state index in [9.17, 15) is 0 Å². The molecule has 0 saturated heterocycles. The topological polar surface area (TPSA) is 63.8 Å². The maximum Gasteiger partial charge on any atom is 0.202 e. The summed E-state index contributed by atoms with van der Waals surface area (Å²) in [6.07, 6.45) is 0.967. The molecule has 0 spiro atoms. The van der Waals surface area contributed by atoms with Gasteiger partial charge in [-0.2, -0.15) is 4.37 Å². The fraction of sp³-hybridized carbons (Fsp3) is 0.818. The quantitative estimate of drug-likeness (QED) is 0.804. The normalized spacial score (nSPS) is 13.4. The lowest BCUT2D eigenvalue weighted by atomic mass is 10.0. The summed E-state index contributed by atoms with van der Waals surface area (Å²) in [5.74, 6) is 1.86. The minimum absolute atomic E-state index is 0.387. The Hall–Kier alpha value is -0.680. The molecule has 0 aliphatic rings. The number of nitrogens with one attached hydrogen (secondary N) is 1. The van der Waals surface area contributed by atoms with Crippen molar-refractivity contribution in [2.24, 2.45) is 11.7 Å². The lowest BCUT2D eigenvalue weighted by Gasteiger charge is -2.20. The maximum atomic E-state index is 5.60. The number of nitrogens with zero attached hydrogens (tertiary/aromatic N) is 2. The van der Waals surface area contributed by atoms with Crippen LogP contribution >= 0.6 is 11.5 Å². The van der Waals surface area contributed by atoms with Gasteiger partial charge in [-0.25, -0.2) is 4.98 Å². The third-order valence-electron chi connectivity index (χ3n) is 2.55. The molecule has 1 heterocycles. The second kappa shape index (κ2) is 6.15. The van der Waals surface area contributed by atoms with Crippen LogP contribution in [0.15, 0.2) is 0 Å². The molecule has 1 aromatic heterocycles. The van der Waals surface area contributed by atoms with Crippen molar-refractivity contribution in [3.05, 3.63) is 5.82 Å². The zero-order valence-electron chi connectivity index (χ0n) is 10.5. The van der Waals surface area contributed by atoms with Crippen molar-refractivity contribution in [3.63, 3.8) is 0 Å². The molecule has 0 amide bonds. The molecule has 1 aromatic rings. The first-order chi connectivity index (χ1) is 7.54. The number of hydrogen-bond donors (Lipinski definition) is 2. The number of aromatic nitrogens is 2. The molecule has 0 fully saturated rings. The van der Waals surface area contributed by atoms with Crippen LogP contribution in [0.3, 0.4) is 0 Å². The highest BCUT2D eigenvalue weighted by molar-refractivity contribution is 7.09. The average molecular weight is 242 g/mol. The van der Waals surface area contributed by atoms with Gasteiger partial charge in [0.15, 0.2) is 0 Å². The van der Waals surface area contributed by atoms with Gasteiger partial charge in [0.25, 0.3) is 0 Å². The third kappa shape index (κ3) is 3.72. The Morgan fingerprint density at radius 2 is 2.00 bits per heavy atom. The van der Waals surface area contributed by atoms with Crippen molar-refractivity contribution in [2.75, 3.05) is 11.9 Å². The van der Waals surface area contributed by atoms with Gasteiger partial charge in [-0.05, 0) is 18.9 Å². The zero-order valence-corrected chi connectivity index (χ0v) is 11.3. The Morgan fingerprint density at radius 1 is 1.31 bits per heavy atom. The molecule has 4 nitrogen and oxygen atoms in total. The predicted octanol–water partition coefficient (Wildman–Crippen LogP) is 2.45. The first kappa shape index (κ1) is 13.4. The van der Waals surface area contributed by atoms with Gasteiger partial charge in [0.2, 0.25) is 5.13 Å². The summed E-state index contributed by atoms with van der Waals surface area (Å²) in [6.45, 7) is 9.29. The molecule has 0 aliphatic heterocycles. The van der Waals surface area contributed by atoms with Crippen LogP contribution in [0.4, 0.5) is 5.13 Å². The summed E-state index contributed by atoms with van der Waals surface area (Å²) < 4.78 is 4.33. The van der Waals surface area contributed by atoms with Gasteiger partial charge in [0.05, 0.1) is 0 Å². The van der Waals surface area contributed by atoms with E-state index in [1.165, 1.54) is 11.5 Å². The maximum absolute atomic E-state index is 5.60. The van der Waals surface area contributed by atoms with Crippen molar-refractivity contribution in [1.82, 2.24) is 9.36 Å². The SMILES string of the molecule is CC(C)c1nsc(NC(CCN)C(C)C)n1. The molecular formula is C11H22N4S. The summed E-state index contributed by atoms with van der Waals surface area (Å²) in [4.78, 5) is 4.47. The second-order valence-corrected chi connectivity index (χ2v) is 5.44. The average Bonchev–Trinajstić information content (AvgIpc) is 2.65. The highest BCUT2D eigenvalue weighted by Gasteiger charge is 2.15. The minimum Gasteiger partial charge on any atom is -0.357 e. The summed E-state index contributed by atoms with van der Waals surface area (Å²) in [5.41, 5.74) is 5.60. The molecule has 1 rings (SSSR count). The molecular weight excluding hydrogens is 220 g/mol. The van der Waals surface area contributed by atoms with Gasteiger partial charge in [-0.3, -0.25) is 0 Å². The first-order valence-electron chi connectivity index (χ1n) is 5.84. The van der Waals surface area contributed by atoms with E-state index < -0.39 is 0 Å². The molecule has 0 saturated carbocycles. The first-order valence-corrected chi connectivity index (χ1v) is 6.62. The van der Waals surface area contributed by atoms with E-state index in [1.807, 2.05) is 0 Å². The van der Waals surface area contributed by atoms with Crippen LogP contribution in [0.2, 0.25) is 0 Å². The molecule has 0 aromatic carbocycles. The Balaban J connectivity index is 2.62. The number of rotatable bonds is 6.